The highest BCUT2D eigenvalue weighted by molar-refractivity contribution is 5.84. The molecule has 9 nitrogen and oxygen atoms in total. The van der Waals surface area contributed by atoms with Gasteiger partial charge in [-0.2, -0.15) is 4.39 Å². The fourth-order valence-electron chi connectivity index (χ4n) is 1.69. The average molecular weight is 300 g/mol. The molecule has 0 aliphatic rings. The lowest BCUT2D eigenvalue weighted by Crippen LogP contribution is -2.39. The van der Waals surface area contributed by atoms with Gasteiger partial charge in [-0.25, -0.2) is 0 Å². The molecule has 0 aromatic heterocycles. The quantitative estimate of drug-likeness (QED) is 0.603. The molecule has 0 unspecified atom stereocenters. The topological polar surface area (TPSA) is 141 Å². The molecular weight excluding hydrogens is 287 g/mol. The summed E-state index contributed by atoms with van der Waals surface area (Å²) in [5.74, 6) is -2.35. The summed E-state index contributed by atoms with van der Waals surface area (Å²) in [6, 6.07) is 0.120. The van der Waals surface area contributed by atoms with Crippen LogP contribution in [0.5, 0.6) is 0 Å². The Bertz CT molecular complexity index is 605. The lowest BCUT2D eigenvalue weighted by Gasteiger charge is -2.20. The molecule has 1 atom stereocenters. The van der Waals surface area contributed by atoms with E-state index >= 15 is 0 Å². The molecule has 0 saturated heterocycles. The zero-order valence-electron chi connectivity index (χ0n) is 11.2. The number of nitrogens with one attached hydrogen (secondary N) is 1. The summed E-state index contributed by atoms with van der Waals surface area (Å²) in [6.45, 7) is 3.27. The number of carbonyl (C=O) groups is 1. The van der Waals surface area contributed by atoms with Gasteiger partial charge in [-0.15, -0.1) is 0 Å². The van der Waals surface area contributed by atoms with E-state index in [4.69, 9.17) is 5.73 Å². The maximum atomic E-state index is 13.6. The Labute approximate surface area is 118 Å². The second-order valence-corrected chi connectivity index (χ2v) is 4.60. The average Bonchev–Trinajstić information content (AvgIpc) is 2.34. The predicted octanol–water partition coefficient (Wildman–Crippen LogP) is 1.56. The van der Waals surface area contributed by atoms with Gasteiger partial charge in [-0.3, -0.25) is 25.0 Å². The molecule has 1 aromatic carbocycles. The van der Waals surface area contributed by atoms with Crippen LogP contribution < -0.4 is 11.1 Å². The molecule has 0 aliphatic heterocycles. The van der Waals surface area contributed by atoms with Gasteiger partial charge in [0.15, 0.2) is 0 Å². The number of benzene rings is 1. The van der Waals surface area contributed by atoms with Crippen molar-refractivity contribution in [2.45, 2.75) is 19.9 Å². The largest absolute Gasteiger partial charge is 0.368 e. The van der Waals surface area contributed by atoms with Crippen LogP contribution in [0.1, 0.15) is 13.8 Å². The van der Waals surface area contributed by atoms with Crippen LogP contribution in [-0.2, 0) is 4.79 Å². The summed E-state index contributed by atoms with van der Waals surface area (Å²) in [7, 11) is 0. The number of nitrogens with two attached hydrogens (primary N) is 1. The summed E-state index contributed by atoms with van der Waals surface area (Å²) in [5.41, 5.74) is 3.07. The highest BCUT2D eigenvalue weighted by Gasteiger charge is 2.28. The van der Waals surface area contributed by atoms with Crippen LogP contribution in [0.15, 0.2) is 12.1 Å². The van der Waals surface area contributed by atoms with Crippen LogP contribution in [0.3, 0.4) is 0 Å². The van der Waals surface area contributed by atoms with E-state index in [1.807, 2.05) is 0 Å². The van der Waals surface area contributed by atoms with Gasteiger partial charge < -0.3 is 11.1 Å². The van der Waals surface area contributed by atoms with Crippen molar-refractivity contribution in [1.82, 2.24) is 0 Å². The third-order valence-corrected chi connectivity index (χ3v) is 2.74. The third kappa shape index (κ3) is 3.61. The number of rotatable bonds is 6. The fourth-order valence-corrected chi connectivity index (χ4v) is 1.69. The van der Waals surface area contributed by atoms with Crippen LogP contribution >= 0.6 is 0 Å². The molecular formula is C11H13FN4O5. The van der Waals surface area contributed by atoms with Crippen LogP contribution in [0.4, 0.5) is 21.5 Å². The summed E-state index contributed by atoms with van der Waals surface area (Å²) in [5, 5.41) is 24.0. The molecule has 0 fully saturated rings. The van der Waals surface area contributed by atoms with Gasteiger partial charge in [0.2, 0.25) is 11.7 Å². The van der Waals surface area contributed by atoms with Crippen LogP contribution in [0.2, 0.25) is 0 Å². The molecule has 0 saturated carbocycles. The summed E-state index contributed by atoms with van der Waals surface area (Å²) in [6.07, 6.45) is 0. The number of amides is 1. The van der Waals surface area contributed by atoms with E-state index in [1.54, 1.807) is 13.8 Å². The van der Waals surface area contributed by atoms with Crippen molar-refractivity contribution < 1.29 is 19.0 Å². The van der Waals surface area contributed by atoms with Crippen molar-refractivity contribution in [3.8, 4) is 0 Å². The van der Waals surface area contributed by atoms with E-state index in [0.29, 0.717) is 12.1 Å². The first kappa shape index (κ1) is 16.3. The standard InChI is InChI=1S/C11H13FN4O5/c1-5(2)10(11(13)17)14-7-3-6(12)8(15(18)19)4-9(7)16(20)21/h3-5,10,14H,1-2H3,(H2,13,17)/t10-/m1/s1. The number of halogens is 1. The SMILES string of the molecule is CC(C)[C@@H](Nc1cc(F)c([N+](=O)[O-])cc1[N+](=O)[O-])C(N)=O. The van der Waals surface area contributed by atoms with Crippen LogP contribution in [0.25, 0.3) is 0 Å². The van der Waals surface area contributed by atoms with Crippen molar-refractivity contribution in [2.75, 3.05) is 5.32 Å². The number of nitro groups is 2. The monoisotopic (exact) mass is 300 g/mol. The van der Waals surface area contributed by atoms with Gasteiger partial charge in [-0.1, -0.05) is 13.8 Å². The highest BCUT2D eigenvalue weighted by Crippen LogP contribution is 2.32. The highest BCUT2D eigenvalue weighted by atomic mass is 19.1. The van der Waals surface area contributed by atoms with Gasteiger partial charge in [0.05, 0.1) is 15.9 Å². The maximum Gasteiger partial charge on any atom is 0.311 e. The normalized spacial score (nSPS) is 12.0. The van der Waals surface area contributed by atoms with E-state index in [2.05, 4.69) is 5.32 Å². The van der Waals surface area contributed by atoms with E-state index in [9.17, 15) is 29.4 Å². The van der Waals surface area contributed by atoms with E-state index < -0.39 is 39.0 Å². The molecule has 0 aliphatic carbocycles. The van der Waals surface area contributed by atoms with Gasteiger partial charge in [-0.05, 0) is 5.92 Å². The lowest BCUT2D eigenvalue weighted by molar-refractivity contribution is -0.395. The Morgan fingerprint density at radius 1 is 1.24 bits per heavy atom. The second kappa shape index (κ2) is 6.11. The Hall–Kier alpha value is -2.78. The number of hydrogen-bond acceptors (Lipinski definition) is 6. The number of nitrogens with zero attached hydrogens (tertiary/aromatic N) is 2. The summed E-state index contributed by atoms with van der Waals surface area (Å²) < 4.78 is 13.6. The van der Waals surface area contributed by atoms with Crippen LogP contribution in [0, 0.1) is 32.0 Å². The summed E-state index contributed by atoms with van der Waals surface area (Å²) >= 11 is 0. The third-order valence-electron chi connectivity index (χ3n) is 2.74. The molecule has 3 N–H and O–H groups in total. The van der Waals surface area contributed by atoms with E-state index in [1.165, 1.54) is 0 Å². The van der Waals surface area contributed by atoms with Crippen molar-refractivity contribution >= 4 is 23.0 Å². The number of hydrogen-bond donors (Lipinski definition) is 2. The molecule has 21 heavy (non-hydrogen) atoms. The molecule has 1 amide bonds. The van der Waals surface area contributed by atoms with Gasteiger partial charge in [0.1, 0.15) is 11.7 Å². The molecule has 1 rings (SSSR count). The maximum absolute atomic E-state index is 13.6. The molecule has 114 valence electrons. The zero-order chi connectivity index (χ0) is 16.3. The first-order chi connectivity index (χ1) is 9.65. The van der Waals surface area contributed by atoms with Gasteiger partial charge in [0.25, 0.3) is 5.69 Å². The molecule has 0 spiro atoms. The fraction of sp³-hybridized carbons (Fsp3) is 0.364. The molecule has 0 heterocycles. The minimum Gasteiger partial charge on any atom is -0.368 e. The van der Waals surface area contributed by atoms with Crippen molar-refractivity contribution in [2.24, 2.45) is 11.7 Å². The van der Waals surface area contributed by atoms with Crippen LogP contribution in [-0.4, -0.2) is 21.8 Å². The Morgan fingerprint density at radius 3 is 2.14 bits per heavy atom. The lowest BCUT2D eigenvalue weighted by atomic mass is 10.0. The van der Waals surface area contributed by atoms with E-state index in [-0.39, 0.29) is 11.6 Å². The first-order valence-corrected chi connectivity index (χ1v) is 5.83. The van der Waals surface area contributed by atoms with E-state index in [0.717, 1.165) is 0 Å². The van der Waals surface area contributed by atoms with Gasteiger partial charge >= 0.3 is 5.69 Å². The minimum atomic E-state index is -1.25. The predicted molar refractivity (Wildman–Crippen MR) is 71.2 cm³/mol. The van der Waals surface area contributed by atoms with Gasteiger partial charge in [0, 0.05) is 6.07 Å². The number of anilines is 1. The minimum absolute atomic E-state index is 0.319. The number of primary amides is 1. The van der Waals surface area contributed by atoms with Crippen molar-refractivity contribution in [3.05, 3.63) is 38.2 Å². The first-order valence-electron chi connectivity index (χ1n) is 5.83. The Kier molecular flexibility index (Phi) is 4.74. The van der Waals surface area contributed by atoms with Crippen molar-refractivity contribution in [3.63, 3.8) is 0 Å². The van der Waals surface area contributed by atoms with Crippen molar-refractivity contribution in [1.29, 1.82) is 0 Å². The zero-order valence-corrected chi connectivity index (χ0v) is 11.2. The smallest absolute Gasteiger partial charge is 0.311 e. The summed E-state index contributed by atoms with van der Waals surface area (Å²) in [4.78, 5) is 30.8. The Balaban J connectivity index is 3.35. The molecule has 1 aromatic rings. The molecule has 0 radical (unpaired) electrons. The number of nitro benzene ring substituents is 2. The molecule has 0 bridgehead atoms. The molecule has 10 heteroatoms. The Morgan fingerprint density at radius 2 is 1.76 bits per heavy atom. The second-order valence-electron chi connectivity index (χ2n) is 4.60. The number of carbonyl (C=O) groups excluding carboxylic acids is 1.